The van der Waals surface area contributed by atoms with Crippen LogP contribution in [0.5, 0.6) is 0 Å². The summed E-state index contributed by atoms with van der Waals surface area (Å²) >= 11 is 0. The first-order chi connectivity index (χ1) is 14.2. The lowest BCUT2D eigenvalue weighted by Crippen LogP contribution is -2.14. The van der Waals surface area contributed by atoms with Crippen LogP contribution in [0.15, 0.2) is 18.6 Å². The summed E-state index contributed by atoms with van der Waals surface area (Å²) in [6.07, 6.45) is 4.65. The van der Waals surface area contributed by atoms with Gasteiger partial charge in [-0.2, -0.15) is 0 Å². The fourth-order valence-corrected chi connectivity index (χ4v) is 2.26. The van der Waals surface area contributed by atoms with Crippen molar-refractivity contribution >= 4 is 5.95 Å². The SMILES string of the molecule is O=[N+]([O-])c1nccn1CCOCCOCCOCCn1cc(COCC[18F])nn1. The van der Waals surface area contributed by atoms with E-state index in [4.69, 9.17) is 18.9 Å². The average molecular weight is 415 g/mol. The Bertz CT molecular complexity index is 712. The standard InChI is InChI=1S/C16H25FN6O6/c17-1-6-29-14-15-13-22(20-19-15)5-8-27-10-12-28-11-9-26-7-4-21-3-2-18-16(21)23(24)25/h2-3,13H,1,4-12,14H2/i17-1. The van der Waals surface area contributed by atoms with Crippen LogP contribution in [0.2, 0.25) is 0 Å². The molecule has 0 aliphatic rings. The fourth-order valence-electron chi connectivity index (χ4n) is 2.26. The fraction of sp³-hybridized carbons (Fsp3) is 0.688. The highest BCUT2D eigenvalue weighted by Gasteiger charge is 2.12. The first-order valence-electron chi connectivity index (χ1n) is 9.12. The van der Waals surface area contributed by atoms with Crippen LogP contribution in [0, 0.1) is 10.1 Å². The third-order valence-electron chi connectivity index (χ3n) is 3.60. The van der Waals surface area contributed by atoms with E-state index < -0.39 is 11.6 Å². The molecular formula is C16H25FN6O6. The second kappa shape index (κ2) is 13.7. The van der Waals surface area contributed by atoms with Crippen molar-refractivity contribution in [2.45, 2.75) is 19.7 Å². The lowest BCUT2D eigenvalue weighted by Gasteiger charge is -2.07. The third-order valence-corrected chi connectivity index (χ3v) is 3.60. The zero-order valence-electron chi connectivity index (χ0n) is 16.0. The van der Waals surface area contributed by atoms with Gasteiger partial charge in [-0.3, -0.25) is 0 Å². The van der Waals surface area contributed by atoms with Gasteiger partial charge in [0.05, 0.1) is 72.1 Å². The van der Waals surface area contributed by atoms with Crippen molar-refractivity contribution in [2.24, 2.45) is 0 Å². The van der Waals surface area contributed by atoms with E-state index in [1.54, 1.807) is 10.9 Å². The van der Waals surface area contributed by atoms with Crippen LogP contribution < -0.4 is 0 Å². The Kier molecular flexibility index (Phi) is 10.7. The average Bonchev–Trinajstić information content (AvgIpc) is 3.36. The normalized spacial score (nSPS) is 11.2. The molecule has 0 spiro atoms. The van der Waals surface area contributed by atoms with Crippen LogP contribution in [0.4, 0.5) is 10.3 Å². The van der Waals surface area contributed by atoms with Crippen molar-refractivity contribution in [2.75, 3.05) is 52.9 Å². The van der Waals surface area contributed by atoms with Crippen LogP contribution in [-0.2, 0) is 38.6 Å². The summed E-state index contributed by atoms with van der Waals surface area (Å²) in [5.41, 5.74) is 0.643. The highest BCUT2D eigenvalue weighted by molar-refractivity contribution is 5.06. The quantitative estimate of drug-likeness (QED) is 0.207. The molecule has 0 atom stereocenters. The van der Waals surface area contributed by atoms with Gasteiger partial charge < -0.3 is 29.1 Å². The minimum Gasteiger partial charge on any atom is -0.390 e. The molecule has 2 heterocycles. The molecule has 0 aromatic carbocycles. The Morgan fingerprint density at radius 3 is 2.38 bits per heavy atom. The smallest absolute Gasteiger partial charge is 0.390 e. The number of imidazole rings is 1. The molecule has 0 amide bonds. The van der Waals surface area contributed by atoms with E-state index in [1.165, 1.54) is 17.0 Å². The molecule has 29 heavy (non-hydrogen) atoms. The maximum Gasteiger partial charge on any atom is 0.434 e. The minimum absolute atomic E-state index is 0.0498. The Labute approximate surface area is 166 Å². The van der Waals surface area contributed by atoms with E-state index >= 15 is 0 Å². The van der Waals surface area contributed by atoms with Crippen molar-refractivity contribution in [3.63, 3.8) is 0 Å². The van der Waals surface area contributed by atoms with Crippen LogP contribution in [0.3, 0.4) is 0 Å². The van der Waals surface area contributed by atoms with Gasteiger partial charge in [0.25, 0.3) is 0 Å². The highest BCUT2D eigenvalue weighted by Crippen LogP contribution is 2.06. The number of aromatic nitrogens is 5. The van der Waals surface area contributed by atoms with E-state index in [1.807, 2.05) is 0 Å². The minimum atomic E-state index is -0.533. The maximum atomic E-state index is 11.9. The molecule has 0 aliphatic heterocycles. The number of alkyl halides is 1. The molecule has 13 heteroatoms. The molecule has 0 unspecified atom stereocenters. The van der Waals surface area contributed by atoms with Gasteiger partial charge in [-0.05, 0) is 4.92 Å². The Morgan fingerprint density at radius 1 is 1.00 bits per heavy atom. The number of nitro groups is 1. The second-order valence-corrected chi connectivity index (χ2v) is 5.73. The largest absolute Gasteiger partial charge is 0.434 e. The van der Waals surface area contributed by atoms with Crippen LogP contribution in [0.25, 0.3) is 0 Å². The van der Waals surface area contributed by atoms with Gasteiger partial charge in [0.15, 0.2) is 0 Å². The summed E-state index contributed by atoms with van der Waals surface area (Å²) in [7, 11) is 0. The van der Waals surface area contributed by atoms with E-state index in [9.17, 15) is 14.5 Å². The number of hydrogen-bond donors (Lipinski definition) is 0. The van der Waals surface area contributed by atoms with Gasteiger partial charge in [-0.15, -0.1) is 5.10 Å². The third kappa shape index (κ3) is 9.04. The van der Waals surface area contributed by atoms with E-state index in [-0.39, 0.29) is 19.2 Å². The van der Waals surface area contributed by atoms with E-state index in [0.29, 0.717) is 58.4 Å². The second-order valence-electron chi connectivity index (χ2n) is 5.73. The molecule has 0 bridgehead atoms. The van der Waals surface area contributed by atoms with Gasteiger partial charge in [0, 0.05) is 0 Å². The van der Waals surface area contributed by atoms with Gasteiger partial charge >= 0.3 is 5.95 Å². The predicted octanol–water partition coefficient (Wildman–Crippen LogP) is 0.619. The number of halogens is 1. The molecule has 2 aromatic rings. The highest BCUT2D eigenvalue weighted by atomic mass is 18.2. The van der Waals surface area contributed by atoms with E-state index in [0.717, 1.165) is 0 Å². The molecular weight excluding hydrogens is 390 g/mol. The summed E-state index contributed by atoms with van der Waals surface area (Å²) in [5.74, 6) is -0.200. The molecule has 162 valence electrons. The molecule has 0 N–H and O–H groups in total. The van der Waals surface area contributed by atoms with Crippen molar-refractivity contribution in [3.8, 4) is 0 Å². The van der Waals surface area contributed by atoms with Gasteiger partial charge in [-0.1, -0.05) is 10.2 Å². The first kappa shape index (κ1) is 22.8. The maximum absolute atomic E-state index is 11.9. The Hall–Kier alpha value is -2.48. The zero-order chi connectivity index (χ0) is 20.7. The Morgan fingerprint density at radius 2 is 1.69 bits per heavy atom. The van der Waals surface area contributed by atoms with Gasteiger partial charge in [-0.25, -0.2) is 13.6 Å². The molecule has 0 saturated carbocycles. The summed E-state index contributed by atoms with van der Waals surface area (Å²) in [5, 5.41) is 18.6. The first-order valence-corrected chi connectivity index (χ1v) is 9.12. The van der Waals surface area contributed by atoms with Crippen LogP contribution >= 0.6 is 0 Å². The lowest BCUT2D eigenvalue weighted by molar-refractivity contribution is -0.396. The molecule has 2 aromatic heterocycles. The van der Waals surface area contributed by atoms with Crippen molar-refractivity contribution in [1.29, 1.82) is 0 Å². The predicted molar refractivity (Wildman–Crippen MR) is 97.0 cm³/mol. The van der Waals surface area contributed by atoms with Gasteiger partial charge in [0.1, 0.15) is 24.8 Å². The summed E-state index contributed by atoms with van der Waals surface area (Å²) in [6, 6.07) is 0. The van der Waals surface area contributed by atoms with Crippen LogP contribution in [0.1, 0.15) is 5.69 Å². The van der Waals surface area contributed by atoms with Gasteiger partial charge in [0.2, 0.25) is 0 Å². The van der Waals surface area contributed by atoms with Crippen molar-refractivity contribution in [3.05, 3.63) is 34.4 Å². The molecule has 0 aliphatic carbocycles. The number of rotatable bonds is 17. The lowest BCUT2D eigenvalue weighted by atomic mass is 10.5. The Balaban J connectivity index is 1.40. The molecule has 12 nitrogen and oxygen atoms in total. The van der Waals surface area contributed by atoms with Crippen molar-refractivity contribution < 1.29 is 28.3 Å². The topological polar surface area (TPSA) is 129 Å². The molecule has 0 saturated heterocycles. The zero-order valence-corrected chi connectivity index (χ0v) is 16.0. The summed E-state index contributed by atoms with van der Waals surface area (Å²) in [4.78, 5) is 13.8. The summed E-state index contributed by atoms with van der Waals surface area (Å²) < 4.78 is 36.2. The molecule has 0 fully saturated rings. The molecule has 2 rings (SSSR count). The van der Waals surface area contributed by atoms with E-state index in [2.05, 4.69) is 15.3 Å². The number of hydrogen-bond acceptors (Lipinski definition) is 9. The summed E-state index contributed by atoms with van der Waals surface area (Å²) in [6.45, 7) is 3.09. The monoisotopic (exact) mass is 415 g/mol. The van der Waals surface area contributed by atoms with Crippen molar-refractivity contribution in [1.82, 2.24) is 24.5 Å². The molecule has 0 radical (unpaired) electrons. The number of nitrogens with zero attached hydrogens (tertiary/aromatic N) is 6. The number of ether oxygens (including phenoxy) is 4. The van der Waals surface area contributed by atoms with Crippen LogP contribution in [-0.4, -0.2) is 82.4 Å².